The van der Waals surface area contributed by atoms with Gasteiger partial charge >= 0.3 is 0 Å². The van der Waals surface area contributed by atoms with Crippen LogP contribution in [0, 0.1) is 6.92 Å². The molecule has 3 nitrogen and oxygen atoms in total. The summed E-state index contributed by atoms with van der Waals surface area (Å²) in [6.45, 7) is 7.30. The smallest absolute Gasteiger partial charge is 0.211 e. The van der Waals surface area contributed by atoms with E-state index in [1.54, 1.807) is 11.3 Å². The summed E-state index contributed by atoms with van der Waals surface area (Å²) in [5.74, 6) is 1.63. The Bertz CT molecular complexity index is 475. The maximum Gasteiger partial charge on any atom is 0.211 e. The monoisotopic (exact) mass is 250 g/mol. The number of oxazole rings is 1. The molecule has 0 saturated carbocycles. The molecule has 0 aliphatic heterocycles. The number of rotatable bonds is 5. The maximum atomic E-state index is 5.80. The summed E-state index contributed by atoms with van der Waals surface area (Å²) in [6.07, 6.45) is 2.93. The Kier molecular flexibility index (Phi) is 3.97. The number of aromatic nitrogens is 1. The van der Waals surface area contributed by atoms with E-state index in [-0.39, 0.29) is 6.04 Å². The van der Waals surface area contributed by atoms with Crippen LogP contribution < -0.4 is 5.32 Å². The first-order valence-corrected chi connectivity index (χ1v) is 6.89. The lowest BCUT2D eigenvalue weighted by Crippen LogP contribution is -2.19. The van der Waals surface area contributed by atoms with Gasteiger partial charge in [0.05, 0.1) is 12.2 Å². The van der Waals surface area contributed by atoms with E-state index >= 15 is 0 Å². The lowest BCUT2D eigenvalue weighted by molar-refractivity contribution is 0.423. The van der Waals surface area contributed by atoms with Gasteiger partial charge in [-0.25, -0.2) is 4.98 Å². The van der Waals surface area contributed by atoms with E-state index in [1.165, 1.54) is 5.56 Å². The molecule has 1 N–H and O–H groups in total. The SMILES string of the molecule is CCCNC(C)c1ncc(-c2cscc2C)o1. The van der Waals surface area contributed by atoms with E-state index in [0.717, 1.165) is 30.2 Å². The Morgan fingerprint density at radius 1 is 1.47 bits per heavy atom. The van der Waals surface area contributed by atoms with E-state index in [1.807, 2.05) is 6.20 Å². The molecule has 2 aromatic rings. The maximum absolute atomic E-state index is 5.80. The molecule has 17 heavy (non-hydrogen) atoms. The van der Waals surface area contributed by atoms with Gasteiger partial charge in [0.25, 0.3) is 0 Å². The van der Waals surface area contributed by atoms with Crippen molar-refractivity contribution in [2.45, 2.75) is 33.2 Å². The molecule has 0 radical (unpaired) electrons. The molecule has 92 valence electrons. The quantitative estimate of drug-likeness (QED) is 0.877. The third-order valence-electron chi connectivity index (χ3n) is 2.72. The predicted octanol–water partition coefficient (Wildman–Crippen LogP) is 3.77. The fourth-order valence-electron chi connectivity index (χ4n) is 1.67. The zero-order chi connectivity index (χ0) is 12.3. The Labute approximate surface area is 106 Å². The van der Waals surface area contributed by atoms with Gasteiger partial charge in [-0.15, -0.1) is 0 Å². The number of hydrogen-bond acceptors (Lipinski definition) is 4. The van der Waals surface area contributed by atoms with E-state index < -0.39 is 0 Å². The molecule has 2 heterocycles. The van der Waals surface area contributed by atoms with Crippen LogP contribution in [-0.4, -0.2) is 11.5 Å². The zero-order valence-electron chi connectivity index (χ0n) is 10.5. The van der Waals surface area contributed by atoms with Gasteiger partial charge in [0, 0.05) is 10.9 Å². The summed E-state index contributed by atoms with van der Waals surface area (Å²) in [5.41, 5.74) is 2.39. The van der Waals surface area contributed by atoms with Crippen LogP contribution in [0.5, 0.6) is 0 Å². The van der Waals surface area contributed by atoms with Crippen LogP contribution in [0.15, 0.2) is 21.4 Å². The molecule has 4 heteroatoms. The van der Waals surface area contributed by atoms with Crippen LogP contribution in [0.3, 0.4) is 0 Å². The van der Waals surface area contributed by atoms with Crippen LogP contribution in [0.2, 0.25) is 0 Å². The molecule has 0 aliphatic carbocycles. The van der Waals surface area contributed by atoms with Crippen molar-refractivity contribution in [2.24, 2.45) is 0 Å². The van der Waals surface area contributed by atoms with E-state index in [2.05, 4.69) is 41.8 Å². The largest absolute Gasteiger partial charge is 0.439 e. The topological polar surface area (TPSA) is 38.1 Å². The lowest BCUT2D eigenvalue weighted by Gasteiger charge is -2.08. The van der Waals surface area contributed by atoms with Crippen molar-refractivity contribution in [3.8, 4) is 11.3 Å². The van der Waals surface area contributed by atoms with Gasteiger partial charge in [0.1, 0.15) is 0 Å². The molecule has 2 rings (SSSR count). The summed E-state index contributed by atoms with van der Waals surface area (Å²) < 4.78 is 5.80. The number of aryl methyl sites for hydroxylation is 1. The third kappa shape index (κ3) is 2.76. The van der Waals surface area contributed by atoms with Gasteiger partial charge in [0.15, 0.2) is 5.76 Å². The van der Waals surface area contributed by atoms with Gasteiger partial charge in [-0.3, -0.25) is 0 Å². The molecule has 1 unspecified atom stereocenters. The summed E-state index contributed by atoms with van der Waals surface area (Å²) in [4.78, 5) is 4.34. The first-order chi connectivity index (χ1) is 8.22. The van der Waals surface area contributed by atoms with Gasteiger partial charge in [-0.05, 0) is 37.8 Å². The molecule has 2 aromatic heterocycles. The van der Waals surface area contributed by atoms with E-state index in [9.17, 15) is 0 Å². The van der Waals surface area contributed by atoms with E-state index in [0.29, 0.717) is 0 Å². The van der Waals surface area contributed by atoms with Crippen LogP contribution in [0.4, 0.5) is 0 Å². The number of thiophene rings is 1. The summed E-state index contributed by atoms with van der Waals surface area (Å²) in [5, 5.41) is 7.59. The summed E-state index contributed by atoms with van der Waals surface area (Å²) in [6, 6.07) is 0.169. The standard InChI is InChI=1S/C13H18N2OS/c1-4-5-14-10(3)13-15-6-12(16-13)11-8-17-7-9(11)2/h6-8,10,14H,4-5H2,1-3H3. The van der Waals surface area contributed by atoms with E-state index in [4.69, 9.17) is 4.42 Å². The lowest BCUT2D eigenvalue weighted by atomic mass is 10.2. The molecule has 0 fully saturated rings. The first kappa shape index (κ1) is 12.3. The highest BCUT2D eigenvalue weighted by Crippen LogP contribution is 2.28. The minimum Gasteiger partial charge on any atom is -0.439 e. The average molecular weight is 250 g/mol. The molecule has 0 aliphatic rings. The Morgan fingerprint density at radius 2 is 2.29 bits per heavy atom. The highest BCUT2D eigenvalue weighted by atomic mass is 32.1. The van der Waals surface area contributed by atoms with Crippen LogP contribution in [-0.2, 0) is 0 Å². The molecule has 0 aromatic carbocycles. The highest BCUT2D eigenvalue weighted by molar-refractivity contribution is 7.08. The number of hydrogen-bond donors (Lipinski definition) is 1. The molecule has 0 amide bonds. The van der Waals surface area contributed by atoms with Gasteiger partial charge in [-0.1, -0.05) is 6.92 Å². The van der Waals surface area contributed by atoms with Crippen LogP contribution >= 0.6 is 11.3 Å². The average Bonchev–Trinajstić information content (AvgIpc) is 2.93. The van der Waals surface area contributed by atoms with Gasteiger partial charge < -0.3 is 9.73 Å². The van der Waals surface area contributed by atoms with Crippen LogP contribution in [0.1, 0.15) is 37.8 Å². The Balaban J connectivity index is 2.13. The Hall–Kier alpha value is -1.13. The van der Waals surface area contributed by atoms with Crippen molar-refractivity contribution >= 4 is 11.3 Å². The zero-order valence-corrected chi connectivity index (χ0v) is 11.3. The second-order valence-electron chi connectivity index (χ2n) is 4.21. The normalized spacial score (nSPS) is 12.9. The fourth-order valence-corrected chi connectivity index (χ4v) is 2.51. The molecule has 1 atom stereocenters. The second-order valence-corrected chi connectivity index (χ2v) is 4.95. The molecule has 0 saturated heterocycles. The van der Waals surface area contributed by atoms with Crippen molar-refractivity contribution in [3.63, 3.8) is 0 Å². The number of nitrogens with one attached hydrogen (secondary N) is 1. The van der Waals surface area contributed by atoms with Crippen molar-refractivity contribution in [3.05, 3.63) is 28.4 Å². The minimum atomic E-state index is 0.169. The van der Waals surface area contributed by atoms with Crippen molar-refractivity contribution in [1.82, 2.24) is 10.3 Å². The second kappa shape index (κ2) is 5.47. The van der Waals surface area contributed by atoms with Gasteiger partial charge in [-0.2, -0.15) is 11.3 Å². The third-order valence-corrected chi connectivity index (χ3v) is 3.58. The van der Waals surface area contributed by atoms with Gasteiger partial charge in [0.2, 0.25) is 5.89 Å². The predicted molar refractivity (Wildman–Crippen MR) is 71.3 cm³/mol. The fraction of sp³-hybridized carbons (Fsp3) is 0.462. The highest BCUT2D eigenvalue weighted by Gasteiger charge is 2.13. The molecular weight excluding hydrogens is 232 g/mol. The van der Waals surface area contributed by atoms with Crippen molar-refractivity contribution < 1.29 is 4.42 Å². The summed E-state index contributed by atoms with van der Waals surface area (Å²) in [7, 11) is 0. The molecule has 0 bridgehead atoms. The Morgan fingerprint density at radius 3 is 2.94 bits per heavy atom. The van der Waals surface area contributed by atoms with Crippen LogP contribution in [0.25, 0.3) is 11.3 Å². The van der Waals surface area contributed by atoms with Crippen molar-refractivity contribution in [2.75, 3.05) is 6.54 Å². The molecular formula is C13H18N2OS. The molecule has 0 spiro atoms. The number of nitrogens with zero attached hydrogens (tertiary/aromatic N) is 1. The first-order valence-electron chi connectivity index (χ1n) is 5.94. The summed E-state index contributed by atoms with van der Waals surface area (Å²) >= 11 is 1.69. The van der Waals surface area contributed by atoms with Crippen molar-refractivity contribution in [1.29, 1.82) is 0 Å². The minimum absolute atomic E-state index is 0.169.